The molecule has 0 spiro atoms. The minimum atomic E-state index is -0.105. The van der Waals surface area contributed by atoms with Crippen molar-refractivity contribution < 1.29 is 9.90 Å². The lowest BCUT2D eigenvalue weighted by molar-refractivity contribution is 0.0681. The van der Waals surface area contributed by atoms with Gasteiger partial charge in [0.25, 0.3) is 5.91 Å². The number of carbonyl (C=O) groups excluding carboxylic acids is 1. The van der Waals surface area contributed by atoms with E-state index in [1.807, 2.05) is 7.05 Å². The molecular weight excluding hydrogens is 332 g/mol. The van der Waals surface area contributed by atoms with Crippen molar-refractivity contribution in [3.05, 3.63) is 28.2 Å². The monoisotopic (exact) mass is 354 g/mol. The lowest BCUT2D eigenvalue weighted by Crippen LogP contribution is -2.43. The molecule has 21 heavy (non-hydrogen) atoms. The highest BCUT2D eigenvalue weighted by Gasteiger charge is 2.27. The number of hydrogen-bond acceptors (Lipinski definition) is 3. The van der Waals surface area contributed by atoms with Crippen molar-refractivity contribution in [3.8, 4) is 5.75 Å². The number of rotatable bonds is 4. The molecule has 1 saturated carbocycles. The highest BCUT2D eigenvalue weighted by molar-refractivity contribution is 9.10. The molecule has 1 aliphatic rings. The van der Waals surface area contributed by atoms with Gasteiger partial charge in [0.1, 0.15) is 5.75 Å². The summed E-state index contributed by atoms with van der Waals surface area (Å²) in [7, 11) is 1.84. The van der Waals surface area contributed by atoms with E-state index in [-0.39, 0.29) is 17.7 Å². The van der Waals surface area contributed by atoms with Crippen LogP contribution in [0.25, 0.3) is 0 Å². The van der Waals surface area contributed by atoms with E-state index < -0.39 is 0 Å². The van der Waals surface area contributed by atoms with Gasteiger partial charge in [0.2, 0.25) is 0 Å². The van der Waals surface area contributed by atoms with E-state index >= 15 is 0 Å². The van der Waals surface area contributed by atoms with E-state index in [1.165, 1.54) is 0 Å². The van der Waals surface area contributed by atoms with Crippen LogP contribution in [0.1, 0.15) is 43.0 Å². The Balaban J connectivity index is 2.00. The molecular formula is C16H23BrN2O2. The second-order valence-corrected chi connectivity index (χ2v) is 6.56. The number of amides is 1. The summed E-state index contributed by atoms with van der Waals surface area (Å²) < 4.78 is 0.769. The molecule has 4 nitrogen and oxygen atoms in total. The standard InChI is InChI=1S/C16H23BrN2O2/c1-3-18-12-5-7-13(8-6-12)19(2)16(21)14-9-4-11(17)10-15(14)20/h4,9-10,12-13,18,20H,3,5-8H2,1-2H3. The SMILES string of the molecule is CCNC1CCC(N(C)C(=O)c2ccc(Br)cc2O)CC1. The predicted octanol–water partition coefficient (Wildman–Crippen LogP) is 3.15. The third kappa shape index (κ3) is 3.98. The Morgan fingerprint density at radius 3 is 2.62 bits per heavy atom. The van der Waals surface area contributed by atoms with Gasteiger partial charge < -0.3 is 15.3 Å². The Hall–Kier alpha value is -1.07. The molecule has 1 aromatic carbocycles. The largest absolute Gasteiger partial charge is 0.507 e. The fourth-order valence-corrected chi connectivity index (χ4v) is 3.35. The maximum Gasteiger partial charge on any atom is 0.257 e. The van der Waals surface area contributed by atoms with Crippen molar-refractivity contribution in [3.63, 3.8) is 0 Å². The molecule has 1 aromatic rings. The number of carbonyl (C=O) groups is 1. The number of phenols is 1. The quantitative estimate of drug-likeness (QED) is 0.873. The van der Waals surface area contributed by atoms with Crippen LogP contribution < -0.4 is 5.32 Å². The lowest BCUT2D eigenvalue weighted by atomic mass is 9.90. The van der Waals surface area contributed by atoms with Crippen molar-refractivity contribution in [2.24, 2.45) is 0 Å². The Morgan fingerprint density at radius 1 is 1.38 bits per heavy atom. The number of halogens is 1. The molecule has 0 heterocycles. The second kappa shape index (κ2) is 7.27. The summed E-state index contributed by atoms with van der Waals surface area (Å²) >= 11 is 3.29. The average molecular weight is 355 g/mol. The van der Waals surface area contributed by atoms with Crippen LogP contribution in [0.5, 0.6) is 5.75 Å². The molecule has 0 radical (unpaired) electrons. The molecule has 1 aliphatic carbocycles. The van der Waals surface area contributed by atoms with Crippen LogP contribution in [0.15, 0.2) is 22.7 Å². The zero-order chi connectivity index (χ0) is 15.4. The van der Waals surface area contributed by atoms with Crippen LogP contribution in [-0.4, -0.2) is 41.6 Å². The number of aromatic hydroxyl groups is 1. The van der Waals surface area contributed by atoms with Crippen LogP contribution in [0.3, 0.4) is 0 Å². The molecule has 2 rings (SSSR count). The first-order valence-electron chi connectivity index (χ1n) is 7.52. The third-order valence-electron chi connectivity index (χ3n) is 4.25. The van der Waals surface area contributed by atoms with E-state index in [2.05, 4.69) is 28.2 Å². The molecule has 1 amide bonds. The first-order valence-corrected chi connectivity index (χ1v) is 8.31. The molecule has 0 atom stereocenters. The second-order valence-electron chi connectivity index (χ2n) is 5.64. The summed E-state index contributed by atoms with van der Waals surface area (Å²) in [6.07, 6.45) is 4.22. The molecule has 0 aromatic heterocycles. The molecule has 0 aliphatic heterocycles. The molecule has 116 valence electrons. The van der Waals surface area contributed by atoms with E-state index in [0.29, 0.717) is 11.6 Å². The van der Waals surface area contributed by atoms with Crippen LogP contribution in [0.4, 0.5) is 0 Å². The van der Waals surface area contributed by atoms with Crippen molar-refractivity contribution >= 4 is 21.8 Å². The Kier molecular flexibility index (Phi) is 5.65. The lowest BCUT2D eigenvalue weighted by Gasteiger charge is -2.35. The van der Waals surface area contributed by atoms with Crippen LogP contribution in [0.2, 0.25) is 0 Å². The van der Waals surface area contributed by atoms with Gasteiger partial charge >= 0.3 is 0 Å². The predicted molar refractivity (Wildman–Crippen MR) is 87.6 cm³/mol. The Bertz CT molecular complexity index is 499. The number of nitrogens with zero attached hydrogens (tertiary/aromatic N) is 1. The molecule has 0 saturated heterocycles. The Morgan fingerprint density at radius 2 is 2.05 bits per heavy atom. The first kappa shape index (κ1) is 16.3. The van der Waals surface area contributed by atoms with E-state index in [4.69, 9.17) is 0 Å². The van der Waals surface area contributed by atoms with Gasteiger partial charge in [-0.25, -0.2) is 0 Å². The van der Waals surface area contributed by atoms with Crippen LogP contribution in [0, 0.1) is 0 Å². The first-order chi connectivity index (χ1) is 10.0. The highest BCUT2D eigenvalue weighted by atomic mass is 79.9. The molecule has 2 N–H and O–H groups in total. The van der Waals surface area contributed by atoms with Gasteiger partial charge in [-0.15, -0.1) is 0 Å². The zero-order valence-electron chi connectivity index (χ0n) is 12.6. The summed E-state index contributed by atoms with van der Waals surface area (Å²) in [5.41, 5.74) is 0.370. The maximum absolute atomic E-state index is 12.5. The zero-order valence-corrected chi connectivity index (χ0v) is 14.2. The maximum atomic E-state index is 12.5. The Labute approximate surface area is 134 Å². The normalized spacial score (nSPS) is 22.0. The molecule has 1 fully saturated rings. The van der Waals surface area contributed by atoms with Gasteiger partial charge in [0, 0.05) is 23.6 Å². The van der Waals surface area contributed by atoms with Crippen LogP contribution in [-0.2, 0) is 0 Å². The van der Waals surface area contributed by atoms with Gasteiger partial charge in [-0.05, 0) is 50.4 Å². The summed E-state index contributed by atoms with van der Waals surface area (Å²) in [6, 6.07) is 5.85. The van der Waals surface area contributed by atoms with Gasteiger partial charge in [0.05, 0.1) is 5.56 Å². The minimum absolute atomic E-state index is 0.0301. The number of hydrogen-bond donors (Lipinski definition) is 2. The summed E-state index contributed by atoms with van der Waals surface area (Å²) in [4.78, 5) is 14.3. The fourth-order valence-electron chi connectivity index (χ4n) is 3.00. The van der Waals surface area contributed by atoms with Gasteiger partial charge in [-0.2, -0.15) is 0 Å². The van der Waals surface area contributed by atoms with Crippen molar-refractivity contribution in [1.29, 1.82) is 0 Å². The van der Waals surface area contributed by atoms with E-state index in [0.717, 1.165) is 36.7 Å². The van der Waals surface area contributed by atoms with Crippen molar-refractivity contribution in [2.75, 3.05) is 13.6 Å². The molecule has 0 bridgehead atoms. The van der Waals surface area contributed by atoms with Crippen LogP contribution >= 0.6 is 15.9 Å². The van der Waals surface area contributed by atoms with Crippen molar-refractivity contribution in [1.82, 2.24) is 10.2 Å². The minimum Gasteiger partial charge on any atom is -0.507 e. The van der Waals surface area contributed by atoms with Gasteiger partial charge in [-0.1, -0.05) is 22.9 Å². The molecule has 5 heteroatoms. The van der Waals surface area contributed by atoms with E-state index in [1.54, 1.807) is 23.1 Å². The van der Waals surface area contributed by atoms with Crippen molar-refractivity contribution in [2.45, 2.75) is 44.7 Å². The van der Waals surface area contributed by atoms with Gasteiger partial charge in [0.15, 0.2) is 0 Å². The number of nitrogens with one attached hydrogen (secondary N) is 1. The average Bonchev–Trinajstić information content (AvgIpc) is 2.47. The topological polar surface area (TPSA) is 52.6 Å². The van der Waals surface area contributed by atoms with E-state index in [9.17, 15) is 9.90 Å². The number of benzene rings is 1. The number of phenolic OH excluding ortho intramolecular Hbond substituents is 1. The third-order valence-corrected chi connectivity index (χ3v) is 4.74. The summed E-state index contributed by atoms with van der Waals surface area (Å²) in [6.45, 7) is 3.12. The summed E-state index contributed by atoms with van der Waals surface area (Å²) in [5, 5.41) is 13.4. The van der Waals surface area contributed by atoms with Gasteiger partial charge in [-0.3, -0.25) is 4.79 Å². The smallest absolute Gasteiger partial charge is 0.257 e. The molecule has 0 unspecified atom stereocenters. The fraction of sp³-hybridized carbons (Fsp3) is 0.562. The highest BCUT2D eigenvalue weighted by Crippen LogP contribution is 2.27. The summed E-state index contributed by atoms with van der Waals surface area (Å²) in [5.74, 6) is -0.0746.